The van der Waals surface area contributed by atoms with Crippen LogP contribution in [-0.2, 0) is 10.0 Å². The van der Waals surface area contributed by atoms with Crippen molar-refractivity contribution in [2.45, 2.75) is 25.8 Å². The van der Waals surface area contributed by atoms with Crippen LogP contribution in [0.25, 0.3) is 0 Å². The van der Waals surface area contributed by atoms with Gasteiger partial charge in [-0.3, -0.25) is 4.90 Å². The van der Waals surface area contributed by atoms with Crippen LogP contribution in [-0.4, -0.2) is 45.2 Å². The van der Waals surface area contributed by atoms with Crippen molar-refractivity contribution in [3.05, 3.63) is 12.2 Å². The average molecular weight is 232 g/mol. The predicted molar refractivity (Wildman–Crippen MR) is 62.3 cm³/mol. The zero-order valence-corrected chi connectivity index (χ0v) is 10.3. The average Bonchev–Trinajstić information content (AvgIpc) is 1.99. The van der Waals surface area contributed by atoms with Gasteiger partial charge in [-0.25, -0.2) is 13.1 Å². The van der Waals surface area contributed by atoms with E-state index in [0.717, 1.165) is 38.0 Å². The molecule has 0 bridgehead atoms. The van der Waals surface area contributed by atoms with Crippen LogP contribution in [0.4, 0.5) is 0 Å². The van der Waals surface area contributed by atoms with E-state index in [9.17, 15) is 8.42 Å². The van der Waals surface area contributed by atoms with Crippen LogP contribution in [0.15, 0.2) is 12.2 Å². The molecule has 15 heavy (non-hydrogen) atoms. The Labute approximate surface area is 92.4 Å². The highest BCUT2D eigenvalue weighted by Gasteiger charge is 2.21. The number of likely N-dealkylation sites (tertiary alicyclic amines) is 1. The minimum absolute atomic E-state index is 0.0631. The maximum atomic E-state index is 11.1. The van der Waals surface area contributed by atoms with E-state index in [0.29, 0.717) is 0 Å². The van der Waals surface area contributed by atoms with Crippen LogP contribution < -0.4 is 4.72 Å². The monoisotopic (exact) mass is 232 g/mol. The van der Waals surface area contributed by atoms with Crippen LogP contribution in [0.1, 0.15) is 19.8 Å². The summed E-state index contributed by atoms with van der Waals surface area (Å²) in [5.41, 5.74) is 1.12. The van der Waals surface area contributed by atoms with E-state index in [4.69, 9.17) is 0 Å². The van der Waals surface area contributed by atoms with Crippen LogP contribution in [0.2, 0.25) is 0 Å². The number of nitrogens with one attached hydrogen (secondary N) is 1. The van der Waals surface area contributed by atoms with E-state index in [1.165, 1.54) is 6.26 Å². The molecule has 1 N–H and O–H groups in total. The fourth-order valence-electron chi connectivity index (χ4n) is 1.98. The maximum absolute atomic E-state index is 11.1. The van der Waals surface area contributed by atoms with Gasteiger partial charge in [-0.05, 0) is 26.3 Å². The number of rotatable bonds is 4. The number of nitrogens with zero attached hydrogens (tertiary/aromatic N) is 1. The lowest BCUT2D eigenvalue weighted by molar-refractivity contribution is 0.217. The Hall–Kier alpha value is -0.390. The van der Waals surface area contributed by atoms with Crippen LogP contribution in [0, 0.1) is 0 Å². The second kappa shape index (κ2) is 5.09. The lowest BCUT2D eigenvalue weighted by atomic mass is 10.1. The third-order valence-electron chi connectivity index (χ3n) is 2.38. The smallest absolute Gasteiger partial charge is 0.208 e. The lowest BCUT2D eigenvalue weighted by Crippen LogP contribution is -2.47. The van der Waals surface area contributed by atoms with E-state index in [2.05, 4.69) is 16.2 Å². The summed E-state index contributed by atoms with van der Waals surface area (Å²) in [7, 11) is -3.07. The number of hydrogen-bond acceptors (Lipinski definition) is 3. The maximum Gasteiger partial charge on any atom is 0.208 e. The topological polar surface area (TPSA) is 49.4 Å². The minimum atomic E-state index is -3.07. The fraction of sp³-hybridized carbons (Fsp3) is 0.800. The Kier molecular flexibility index (Phi) is 4.31. The molecule has 0 aliphatic carbocycles. The molecule has 0 aromatic carbocycles. The summed E-state index contributed by atoms with van der Waals surface area (Å²) in [6.07, 6.45) is 3.19. The molecule has 0 saturated carbocycles. The van der Waals surface area contributed by atoms with Crippen molar-refractivity contribution in [1.29, 1.82) is 0 Å². The second-order valence-electron chi connectivity index (χ2n) is 4.42. The Morgan fingerprint density at radius 1 is 1.60 bits per heavy atom. The largest absolute Gasteiger partial charge is 0.298 e. The summed E-state index contributed by atoms with van der Waals surface area (Å²) in [6, 6.07) is 0.0631. The van der Waals surface area contributed by atoms with Gasteiger partial charge in [0.15, 0.2) is 0 Å². The third kappa shape index (κ3) is 5.30. The quantitative estimate of drug-likeness (QED) is 0.721. The van der Waals surface area contributed by atoms with Gasteiger partial charge in [-0.1, -0.05) is 12.2 Å². The lowest BCUT2D eigenvalue weighted by Gasteiger charge is -2.32. The van der Waals surface area contributed by atoms with E-state index in [1.54, 1.807) is 0 Å². The van der Waals surface area contributed by atoms with Crippen molar-refractivity contribution in [3.8, 4) is 0 Å². The second-order valence-corrected chi connectivity index (χ2v) is 6.20. The molecule has 88 valence electrons. The zero-order valence-electron chi connectivity index (χ0n) is 9.49. The first kappa shape index (κ1) is 12.7. The summed E-state index contributed by atoms with van der Waals surface area (Å²) in [5, 5.41) is 0. The molecule has 0 amide bonds. The highest BCUT2D eigenvalue weighted by Crippen LogP contribution is 2.11. The minimum Gasteiger partial charge on any atom is -0.298 e. The Balaban J connectivity index is 2.45. The molecule has 1 aliphatic rings. The first-order chi connectivity index (χ1) is 6.87. The van der Waals surface area contributed by atoms with Crippen LogP contribution >= 0.6 is 0 Å². The third-order valence-corrected chi connectivity index (χ3v) is 3.14. The standard InChI is InChI=1S/C10H20N2O2S/c1-9(2)7-12-6-4-5-10(8-12)11-15(3,13)14/h10-11H,1,4-8H2,2-3H3/t10-/m0/s1. The van der Waals surface area contributed by atoms with Gasteiger partial charge >= 0.3 is 0 Å². The summed E-state index contributed by atoms with van der Waals surface area (Å²) in [6.45, 7) is 8.55. The van der Waals surface area contributed by atoms with Gasteiger partial charge in [-0.2, -0.15) is 0 Å². The van der Waals surface area contributed by atoms with E-state index in [-0.39, 0.29) is 6.04 Å². The summed E-state index contributed by atoms with van der Waals surface area (Å²) in [5.74, 6) is 0. The van der Waals surface area contributed by atoms with Crippen molar-refractivity contribution < 1.29 is 8.42 Å². The highest BCUT2D eigenvalue weighted by atomic mass is 32.2. The van der Waals surface area contributed by atoms with Crippen molar-refractivity contribution in [1.82, 2.24) is 9.62 Å². The van der Waals surface area contributed by atoms with Gasteiger partial charge < -0.3 is 0 Å². The highest BCUT2D eigenvalue weighted by molar-refractivity contribution is 7.88. The molecule has 0 aromatic heterocycles. The van der Waals surface area contributed by atoms with Gasteiger partial charge in [0.1, 0.15) is 0 Å². The van der Waals surface area contributed by atoms with Gasteiger partial charge in [0, 0.05) is 19.1 Å². The molecular weight excluding hydrogens is 212 g/mol. The van der Waals surface area contributed by atoms with Gasteiger partial charge in [0.2, 0.25) is 10.0 Å². The summed E-state index contributed by atoms with van der Waals surface area (Å²) in [4.78, 5) is 2.24. The number of sulfonamides is 1. The zero-order chi connectivity index (χ0) is 11.5. The first-order valence-corrected chi connectivity index (χ1v) is 7.10. The molecule has 0 spiro atoms. The number of hydrogen-bond donors (Lipinski definition) is 1. The Morgan fingerprint density at radius 3 is 2.80 bits per heavy atom. The van der Waals surface area contributed by atoms with Crippen LogP contribution in [0.5, 0.6) is 0 Å². The van der Waals surface area contributed by atoms with Gasteiger partial charge in [0.25, 0.3) is 0 Å². The molecule has 5 heteroatoms. The predicted octanol–water partition coefficient (Wildman–Crippen LogP) is 0.576. The molecule has 4 nitrogen and oxygen atoms in total. The molecule has 1 saturated heterocycles. The molecule has 1 atom stereocenters. The van der Waals surface area contributed by atoms with E-state index in [1.807, 2.05) is 6.92 Å². The van der Waals surface area contributed by atoms with E-state index < -0.39 is 10.0 Å². The normalized spacial score (nSPS) is 24.0. The van der Waals surface area contributed by atoms with E-state index >= 15 is 0 Å². The Bertz CT molecular complexity index is 324. The number of piperidine rings is 1. The van der Waals surface area contributed by atoms with Gasteiger partial charge in [0.05, 0.1) is 6.26 Å². The Morgan fingerprint density at radius 2 is 2.27 bits per heavy atom. The molecule has 0 unspecified atom stereocenters. The molecule has 0 radical (unpaired) electrons. The summed E-state index contributed by atoms with van der Waals surface area (Å²) >= 11 is 0. The SMILES string of the molecule is C=C(C)CN1CCC[C@H](NS(C)(=O)=O)C1. The van der Waals surface area contributed by atoms with Crippen molar-refractivity contribution in [2.24, 2.45) is 0 Å². The molecule has 1 fully saturated rings. The summed E-state index contributed by atoms with van der Waals surface area (Å²) < 4.78 is 24.8. The molecule has 1 aliphatic heterocycles. The molecule has 1 heterocycles. The molecule has 0 aromatic rings. The van der Waals surface area contributed by atoms with Gasteiger partial charge in [-0.15, -0.1) is 0 Å². The van der Waals surface area contributed by atoms with Crippen molar-refractivity contribution in [2.75, 3.05) is 25.9 Å². The van der Waals surface area contributed by atoms with Crippen molar-refractivity contribution >= 4 is 10.0 Å². The van der Waals surface area contributed by atoms with Crippen LogP contribution in [0.3, 0.4) is 0 Å². The molecule has 1 rings (SSSR count). The fourth-order valence-corrected chi connectivity index (χ4v) is 2.78. The molecular formula is C10H20N2O2S. The first-order valence-electron chi connectivity index (χ1n) is 5.21. The van der Waals surface area contributed by atoms with Crippen molar-refractivity contribution in [3.63, 3.8) is 0 Å².